The molecule has 3 aromatic carbocycles. The quantitative estimate of drug-likeness (QED) is 0.620. The standard InChI is InChI=1S/C19H19NO/c1-14-15-6-2-4-8-17(15)19(20-10-12-21-13-11-20)18-9-5-3-7-16(14)18/h2-9H,10-13H2,1H3. The molecule has 0 aliphatic carbocycles. The van der Waals surface area contributed by atoms with Crippen LogP contribution in [0.5, 0.6) is 0 Å². The second kappa shape index (κ2) is 5.05. The molecular weight excluding hydrogens is 258 g/mol. The Morgan fingerprint density at radius 3 is 1.76 bits per heavy atom. The van der Waals surface area contributed by atoms with E-state index in [9.17, 15) is 0 Å². The van der Waals surface area contributed by atoms with Gasteiger partial charge in [0.25, 0.3) is 0 Å². The molecule has 1 aliphatic rings. The summed E-state index contributed by atoms with van der Waals surface area (Å²) in [5.74, 6) is 0. The van der Waals surface area contributed by atoms with Crippen molar-refractivity contribution in [2.24, 2.45) is 0 Å². The van der Waals surface area contributed by atoms with Crippen molar-refractivity contribution in [1.29, 1.82) is 0 Å². The number of ether oxygens (including phenoxy) is 1. The predicted octanol–water partition coefficient (Wildman–Crippen LogP) is 4.14. The highest BCUT2D eigenvalue weighted by atomic mass is 16.5. The minimum Gasteiger partial charge on any atom is -0.378 e. The van der Waals surface area contributed by atoms with Gasteiger partial charge in [0, 0.05) is 23.9 Å². The van der Waals surface area contributed by atoms with Gasteiger partial charge in [0.15, 0.2) is 0 Å². The number of hydrogen-bond donors (Lipinski definition) is 0. The van der Waals surface area contributed by atoms with Crippen molar-refractivity contribution >= 4 is 27.2 Å². The fraction of sp³-hybridized carbons (Fsp3) is 0.263. The van der Waals surface area contributed by atoms with Crippen LogP contribution in [-0.4, -0.2) is 26.3 Å². The van der Waals surface area contributed by atoms with Crippen LogP contribution in [0.1, 0.15) is 5.56 Å². The molecule has 0 amide bonds. The summed E-state index contributed by atoms with van der Waals surface area (Å²) in [4.78, 5) is 2.48. The van der Waals surface area contributed by atoms with E-state index in [1.807, 2.05) is 0 Å². The molecule has 0 saturated carbocycles. The molecule has 21 heavy (non-hydrogen) atoms. The van der Waals surface area contributed by atoms with E-state index in [0.717, 1.165) is 26.3 Å². The van der Waals surface area contributed by atoms with E-state index in [-0.39, 0.29) is 0 Å². The number of aryl methyl sites for hydroxylation is 1. The number of anilines is 1. The third kappa shape index (κ3) is 1.98. The van der Waals surface area contributed by atoms with Crippen LogP contribution in [0.25, 0.3) is 21.5 Å². The van der Waals surface area contributed by atoms with Crippen LogP contribution >= 0.6 is 0 Å². The lowest BCUT2D eigenvalue weighted by molar-refractivity contribution is 0.123. The highest BCUT2D eigenvalue weighted by Crippen LogP contribution is 2.38. The smallest absolute Gasteiger partial charge is 0.0642 e. The summed E-state index contributed by atoms with van der Waals surface area (Å²) >= 11 is 0. The zero-order chi connectivity index (χ0) is 14.2. The van der Waals surface area contributed by atoms with E-state index in [1.54, 1.807) is 0 Å². The molecule has 1 aliphatic heterocycles. The molecule has 106 valence electrons. The highest BCUT2D eigenvalue weighted by molar-refractivity contribution is 6.13. The molecule has 0 atom stereocenters. The predicted molar refractivity (Wildman–Crippen MR) is 89.2 cm³/mol. The summed E-state index contributed by atoms with van der Waals surface area (Å²) in [6, 6.07) is 17.5. The van der Waals surface area contributed by atoms with Crippen LogP contribution in [0.4, 0.5) is 5.69 Å². The summed E-state index contributed by atoms with van der Waals surface area (Å²) in [6.45, 7) is 5.80. The molecule has 0 spiro atoms. The van der Waals surface area contributed by atoms with Gasteiger partial charge in [-0.15, -0.1) is 0 Å². The SMILES string of the molecule is Cc1c2ccccc2c(N2CCOCC2)c2ccccc12. The number of rotatable bonds is 1. The number of nitrogens with zero attached hydrogens (tertiary/aromatic N) is 1. The lowest BCUT2D eigenvalue weighted by Crippen LogP contribution is -2.36. The van der Waals surface area contributed by atoms with Crippen molar-refractivity contribution in [3.05, 3.63) is 54.1 Å². The topological polar surface area (TPSA) is 12.5 Å². The highest BCUT2D eigenvalue weighted by Gasteiger charge is 2.18. The first-order valence-corrected chi connectivity index (χ1v) is 7.59. The van der Waals surface area contributed by atoms with Gasteiger partial charge in [-0.2, -0.15) is 0 Å². The Balaban J connectivity index is 2.11. The Kier molecular flexibility index (Phi) is 3.04. The van der Waals surface area contributed by atoms with E-state index in [4.69, 9.17) is 4.74 Å². The molecule has 0 radical (unpaired) electrons. The van der Waals surface area contributed by atoms with Crippen molar-refractivity contribution in [1.82, 2.24) is 0 Å². The molecule has 1 fully saturated rings. The molecule has 3 aromatic rings. The molecule has 0 N–H and O–H groups in total. The maximum atomic E-state index is 5.53. The van der Waals surface area contributed by atoms with E-state index in [0.29, 0.717) is 0 Å². The lowest BCUT2D eigenvalue weighted by atomic mass is 9.95. The summed E-state index contributed by atoms with van der Waals surface area (Å²) in [7, 11) is 0. The molecule has 0 aromatic heterocycles. The van der Waals surface area contributed by atoms with Gasteiger partial charge in [0.2, 0.25) is 0 Å². The Bertz CT molecular complexity index is 746. The summed E-state index contributed by atoms with van der Waals surface area (Å²) in [5, 5.41) is 5.43. The van der Waals surface area contributed by atoms with Crippen molar-refractivity contribution in [3.8, 4) is 0 Å². The van der Waals surface area contributed by atoms with Crippen LogP contribution in [0.15, 0.2) is 48.5 Å². The fourth-order valence-electron chi connectivity index (χ4n) is 3.45. The summed E-state index contributed by atoms with van der Waals surface area (Å²) in [6.07, 6.45) is 0. The van der Waals surface area contributed by atoms with E-state index in [1.165, 1.54) is 32.8 Å². The van der Waals surface area contributed by atoms with Gasteiger partial charge in [-0.1, -0.05) is 48.5 Å². The Morgan fingerprint density at radius 1 is 0.762 bits per heavy atom. The zero-order valence-electron chi connectivity index (χ0n) is 12.3. The number of fused-ring (bicyclic) bond motifs is 2. The van der Waals surface area contributed by atoms with Crippen molar-refractivity contribution < 1.29 is 4.74 Å². The fourth-order valence-corrected chi connectivity index (χ4v) is 3.45. The zero-order valence-corrected chi connectivity index (χ0v) is 12.3. The van der Waals surface area contributed by atoms with Crippen LogP contribution < -0.4 is 4.90 Å². The lowest BCUT2D eigenvalue weighted by Gasteiger charge is -2.31. The Morgan fingerprint density at radius 2 is 1.24 bits per heavy atom. The van der Waals surface area contributed by atoms with Crippen LogP contribution in [0.2, 0.25) is 0 Å². The molecule has 4 rings (SSSR count). The van der Waals surface area contributed by atoms with E-state index >= 15 is 0 Å². The maximum Gasteiger partial charge on any atom is 0.0642 e. The maximum absolute atomic E-state index is 5.53. The number of hydrogen-bond acceptors (Lipinski definition) is 2. The normalized spacial score (nSPS) is 15.8. The minimum atomic E-state index is 0.816. The number of benzene rings is 3. The summed E-state index contributed by atoms with van der Waals surface area (Å²) in [5.41, 5.74) is 2.74. The van der Waals surface area contributed by atoms with Gasteiger partial charge < -0.3 is 9.64 Å². The first-order chi connectivity index (χ1) is 10.4. The monoisotopic (exact) mass is 277 g/mol. The third-order valence-electron chi connectivity index (χ3n) is 4.50. The molecule has 0 unspecified atom stereocenters. The van der Waals surface area contributed by atoms with E-state index in [2.05, 4.69) is 60.4 Å². The van der Waals surface area contributed by atoms with Crippen molar-refractivity contribution in [2.75, 3.05) is 31.2 Å². The largest absolute Gasteiger partial charge is 0.378 e. The first kappa shape index (κ1) is 12.7. The van der Waals surface area contributed by atoms with Crippen LogP contribution in [0, 0.1) is 6.92 Å². The van der Waals surface area contributed by atoms with Crippen LogP contribution in [0.3, 0.4) is 0 Å². The first-order valence-electron chi connectivity index (χ1n) is 7.59. The minimum absolute atomic E-state index is 0.816. The molecule has 1 saturated heterocycles. The summed E-state index contributed by atoms with van der Waals surface area (Å²) < 4.78 is 5.53. The van der Waals surface area contributed by atoms with Gasteiger partial charge in [-0.05, 0) is 23.3 Å². The second-order valence-corrected chi connectivity index (χ2v) is 5.66. The van der Waals surface area contributed by atoms with Gasteiger partial charge >= 0.3 is 0 Å². The Labute approximate surface area is 124 Å². The van der Waals surface area contributed by atoms with Gasteiger partial charge in [-0.25, -0.2) is 0 Å². The second-order valence-electron chi connectivity index (χ2n) is 5.66. The molecule has 0 bridgehead atoms. The average Bonchev–Trinajstić information content (AvgIpc) is 2.56. The van der Waals surface area contributed by atoms with Gasteiger partial charge in [-0.3, -0.25) is 0 Å². The van der Waals surface area contributed by atoms with Crippen LogP contribution in [-0.2, 0) is 4.74 Å². The van der Waals surface area contributed by atoms with Gasteiger partial charge in [0.1, 0.15) is 0 Å². The average molecular weight is 277 g/mol. The third-order valence-corrected chi connectivity index (χ3v) is 4.50. The van der Waals surface area contributed by atoms with Crippen molar-refractivity contribution in [2.45, 2.75) is 6.92 Å². The molecule has 2 heteroatoms. The Hall–Kier alpha value is -2.06. The van der Waals surface area contributed by atoms with Crippen molar-refractivity contribution in [3.63, 3.8) is 0 Å². The van der Waals surface area contributed by atoms with Gasteiger partial charge in [0.05, 0.1) is 18.9 Å². The molecular formula is C19H19NO. The number of morpholine rings is 1. The van der Waals surface area contributed by atoms with E-state index < -0.39 is 0 Å². The molecule has 1 heterocycles. The molecule has 2 nitrogen and oxygen atoms in total.